The van der Waals surface area contributed by atoms with Gasteiger partial charge in [-0.1, -0.05) is 19.3 Å². The minimum atomic E-state index is -4.64. The third-order valence-corrected chi connectivity index (χ3v) is 7.77. The summed E-state index contributed by atoms with van der Waals surface area (Å²) >= 11 is 0. The normalized spacial score (nSPS) is 17.6. The molecule has 0 bridgehead atoms. The number of nitrogens with zero attached hydrogens (tertiary/aromatic N) is 3. The molecule has 1 saturated heterocycles. The van der Waals surface area contributed by atoms with E-state index in [1.165, 1.54) is 19.2 Å². The van der Waals surface area contributed by atoms with Crippen molar-refractivity contribution in [1.29, 1.82) is 0 Å². The Kier molecular flexibility index (Phi) is 7.72. The molecule has 2 aromatic heterocycles. The van der Waals surface area contributed by atoms with Crippen molar-refractivity contribution in [2.75, 3.05) is 20.2 Å². The summed E-state index contributed by atoms with van der Waals surface area (Å²) in [6, 6.07) is 5.17. The topological polar surface area (TPSA) is 124 Å². The molecular weight excluding hydrogens is 527 g/mol. The SMILES string of the molecule is COc1ccc(-c2nc(C(=O)NC3(C(=O)N4CCCCC4)CCCCC3)c(CN)o2)c2ccc(C(F)(F)F)nc12. The quantitative estimate of drug-likeness (QED) is 0.444. The molecule has 12 heteroatoms. The summed E-state index contributed by atoms with van der Waals surface area (Å²) in [5.74, 6) is -0.388. The fraction of sp³-hybridized carbons (Fsp3) is 0.500. The Morgan fingerprint density at radius 1 is 1.05 bits per heavy atom. The van der Waals surface area contributed by atoms with E-state index in [9.17, 15) is 22.8 Å². The summed E-state index contributed by atoms with van der Waals surface area (Å²) in [6.07, 6.45) is 2.01. The minimum absolute atomic E-state index is 0.000127. The Morgan fingerprint density at radius 3 is 2.40 bits per heavy atom. The first kappa shape index (κ1) is 27.9. The zero-order valence-corrected chi connectivity index (χ0v) is 22.3. The lowest BCUT2D eigenvalue weighted by Gasteiger charge is -2.41. The van der Waals surface area contributed by atoms with Crippen molar-refractivity contribution in [3.63, 3.8) is 0 Å². The van der Waals surface area contributed by atoms with Gasteiger partial charge < -0.3 is 25.1 Å². The van der Waals surface area contributed by atoms with Gasteiger partial charge in [0.05, 0.1) is 13.7 Å². The number of ether oxygens (including phenoxy) is 1. The van der Waals surface area contributed by atoms with Crippen LogP contribution in [0, 0.1) is 0 Å². The summed E-state index contributed by atoms with van der Waals surface area (Å²) in [5, 5.41) is 3.30. The Hall–Kier alpha value is -3.67. The number of aromatic nitrogens is 2. The third-order valence-electron chi connectivity index (χ3n) is 7.77. The van der Waals surface area contributed by atoms with Crippen LogP contribution in [0.2, 0.25) is 0 Å². The van der Waals surface area contributed by atoms with Crippen LogP contribution in [0.15, 0.2) is 28.7 Å². The van der Waals surface area contributed by atoms with E-state index in [0.717, 1.165) is 44.6 Å². The molecule has 40 heavy (non-hydrogen) atoms. The molecule has 3 N–H and O–H groups in total. The van der Waals surface area contributed by atoms with Crippen LogP contribution in [0.3, 0.4) is 0 Å². The Labute approximate surface area is 229 Å². The minimum Gasteiger partial charge on any atom is -0.494 e. The number of alkyl halides is 3. The summed E-state index contributed by atoms with van der Waals surface area (Å²) in [4.78, 5) is 37.3. The molecule has 9 nitrogen and oxygen atoms in total. The molecule has 1 aromatic carbocycles. The van der Waals surface area contributed by atoms with Crippen molar-refractivity contribution in [2.45, 2.75) is 69.6 Å². The number of carbonyl (C=O) groups is 2. The van der Waals surface area contributed by atoms with Crippen molar-refractivity contribution in [2.24, 2.45) is 5.73 Å². The van der Waals surface area contributed by atoms with E-state index in [0.29, 0.717) is 36.9 Å². The molecule has 0 spiro atoms. The molecule has 0 unspecified atom stereocenters. The lowest BCUT2D eigenvalue weighted by molar-refractivity contribution is -0.141. The molecule has 5 rings (SSSR count). The summed E-state index contributed by atoms with van der Waals surface area (Å²) in [5.41, 5.74) is 4.05. The highest BCUT2D eigenvalue weighted by molar-refractivity contribution is 6.00. The number of nitrogens with two attached hydrogens (primary N) is 1. The number of methoxy groups -OCH3 is 1. The first-order valence-electron chi connectivity index (χ1n) is 13.5. The predicted molar refractivity (Wildman–Crippen MR) is 140 cm³/mol. The van der Waals surface area contributed by atoms with Crippen LogP contribution in [0.4, 0.5) is 13.2 Å². The first-order chi connectivity index (χ1) is 19.2. The Bertz CT molecular complexity index is 1410. The number of oxazole rings is 1. The van der Waals surface area contributed by atoms with Crippen molar-refractivity contribution >= 4 is 22.7 Å². The summed E-state index contributed by atoms with van der Waals surface area (Å²) in [6.45, 7) is 1.20. The van der Waals surface area contributed by atoms with Crippen LogP contribution in [-0.2, 0) is 17.5 Å². The van der Waals surface area contributed by atoms with Crippen LogP contribution in [0.1, 0.15) is 73.3 Å². The van der Waals surface area contributed by atoms with Crippen LogP contribution in [0.25, 0.3) is 22.4 Å². The van der Waals surface area contributed by atoms with E-state index >= 15 is 0 Å². The Balaban J connectivity index is 1.50. The van der Waals surface area contributed by atoms with Gasteiger partial charge in [-0.25, -0.2) is 9.97 Å². The van der Waals surface area contributed by atoms with Gasteiger partial charge in [0.1, 0.15) is 22.5 Å². The molecule has 2 amide bonds. The monoisotopic (exact) mass is 559 g/mol. The van der Waals surface area contributed by atoms with E-state index in [4.69, 9.17) is 14.9 Å². The van der Waals surface area contributed by atoms with Crippen molar-refractivity contribution in [3.8, 4) is 17.2 Å². The van der Waals surface area contributed by atoms with Gasteiger partial charge in [0.15, 0.2) is 11.5 Å². The van der Waals surface area contributed by atoms with Crippen LogP contribution >= 0.6 is 0 Å². The van der Waals surface area contributed by atoms with Gasteiger partial charge in [-0.15, -0.1) is 0 Å². The molecule has 2 fully saturated rings. The number of benzene rings is 1. The number of pyridine rings is 1. The highest BCUT2D eigenvalue weighted by Crippen LogP contribution is 2.37. The van der Waals surface area contributed by atoms with E-state index in [-0.39, 0.29) is 41.1 Å². The van der Waals surface area contributed by atoms with E-state index in [1.54, 1.807) is 6.07 Å². The second-order valence-corrected chi connectivity index (χ2v) is 10.4. The zero-order chi connectivity index (χ0) is 28.5. The molecule has 3 aromatic rings. The van der Waals surface area contributed by atoms with Gasteiger partial charge in [0, 0.05) is 24.0 Å². The number of halogens is 3. The highest BCUT2D eigenvalue weighted by atomic mass is 19.4. The lowest BCUT2D eigenvalue weighted by atomic mass is 9.80. The number of nitrogens with one attached hydrogen (secondary N) is 1. The number of fused-ring (bicyclic) bond motifs is 1. The molecule has 0 radical (unpaired) electrons. The van der Waals surface area contributed by atoms with Crippen molar-refractivity contribution < 1.29 is 31.9 Å². The number of hydrogen-bond donors (Lipinski definition) is 2. The maximum absolute atomic E-state index is 13.7. The number of piperidine rings is 1. The second-order valence-electron chi connectivity index (χ2n) is 10.4. The van der Waals surface area contributed by atoms with Crippen molar-refractivity contribution in [3.05, 3.63) is 41.4 Å². The largest absolute Gasteiger partial charge is 0.494 e. The smallest absolute Gasteiger partial charge is 0.433 e. The molecule has 1 aliphatic heterocycles. The number of hydrogen-bond acceptors (Lipinski definition) is 7. The molecule has 0 atom stereocenters. The molecule has 1 aliphatic carbocycles. The standard InChI is InChI=1S/C28H32F3N5O4/c1-39-19-10-8-18(17-9-11-21(28(29,30)31)33-22(17)19)25-34-23(20(16-32)40-25)24(37)35-27(12-4-2-5-13-27)26(38)36-14-6-3-7-15-36/h8-11H,2-7,12-16,32H2,1H3,(H,35,37). The van der Waals surface area contributed by atoms with Crippen molar-refractivity contribution in [1.82, 2.24) is 20.2 Å². The second kappa shape index (κ2) is 11.1. The molecule has 214 valence electrons. The predicted octanol–water partition coefficient (Wildman–Crippen LogP) is 4.82. The van der Waals surface area contributed by atoms with E-state index in [1.807, 2.05) is 4.90 Å². The fourth-order valence-corrected chi connectivity index (χ4v) is 5.71. The van der Waals surface area contributed by atoms with Gasteiger partial charge in [-0.3, -0.25) is 9.59 Å². The number of carbonyl (C=O) groups excluding carboxylic acids is 2. The Morgan fingerprint density at radius 2 is 1.75 bits per heavy atom. The van der Waals surface area contributed by atoms with Gasteiger partial charge in [0.25, 0.3) is 5.91 Å². The van der Waals surface area contributed by atoms with E-state index in [2.05, 4.69) is 15.3 Å². The van der Waals surface area contributed by atoms with Gasteiger partial charge in [0.2, 0.25) is 11.8 Å². The number of rotatable bonds is 6. The molecular formula is C28H32F3N5O4. The molecule has 3 heterocycles. The summed E-state index contributed by atoms with van der Waals surface area (Å²) < 4.78 is 51.1. The van der Waals surface area contributed by atoms with Gasteiger partial charge in [-0.05, 0) is 56.4 Å². The summed E-state index contributed by atoms with van der Waals surface area (Å²) in [7, 11) is 1.34. The first-order valence-corrected chi connectivity index (χ1v) is 13.5. The maximum atomic E-state index is 13.7. The fourth-order valence-electron chi connectivity index (χ4n) is 5.71. The highest BCUT2D eigenvalue weighted by Gasteiger charge is 2.44. The van der Waals surface area contributed by atoms with Gasteiger partial charge in [-0.2, -0.15) is 13.2 Å². The zero-order valence-electron chi connectivity index (χ0n) is 22.3. The lowest BCUT2D eigenvalue weighted by Crippen LogP contribution is -2.61. The number of likely N-dealkylation sites (tertiary alicyclic amines) is 1. The van der Waals surface area contributed by atoms with Crippen LogP contribution in [-0.4, -0.2) is 52.4 Å². The van der Waals surface area contributed by atoms with Gasteiger partial charge >= 0.3 is 6.18 Å². The average Bonchev–Trinajstić information content (AvgIpc) is 3.41. The third kappa shape index (κ3) is 5.24. The average molecular weight is 560 g/mol. The molecule has 1 saturated carbocycles. The van der Waals surface area contributed by atoms with Crippen LogP contribution < -0.4 is 15.8 Å². The molecule has 2 aliphatic rings. The van der Waals surface area contributed by atoms with Crippen LogP contribution in [0.5, 0.6) is 5.75 Å². The maximum Gasteiger partial charge on any atom is 0.433 e. The van der Waals surface area contributed by atoms with E-state index < -0.39 is 23.3 Å². The number of amides is 2.